The molecule has 0 aromatic heterocycles. The molecule has 224 valence electrons. The largest absolute Gasteiger partial charge is 0.497 e. The molecule has 4 rings (SSSR count). The molecular formula is C28H37Cl3F3N3O3. The number of alkyl halides is 3. The van der Waals surface area contributed by atoms with Gasteiger partial charge in [-0.25, -0.2) is 0 Å². The zero-order chi connectivity index (χ0) is 27.4. The molecule has 0 saturated carbocycles. The molecule has 2 heterocycles. The van der Waals surface area contributed by atoms with Crippen LogP contribution in [0, 0.1) is 0 Å². The van der Waals surface area contributed by atoms with Gasteiger partial charge in [0, 0.05) is 62.4 Å². The van der Waals surface area contributed by atoms with Crippen LogP contribution in [0.5, 0.6) is 5.75 Å². The van der Waals surface area contributed by atoms with Crippen LogP contribution in [0.25, 0.3) is 0 Å². The average Bonchev–Trinajstić information content (AvgIpc) is 2.87. The normalized spacial score (nSPS) is 22.3. The first-order valence-corrected chi connectivity index (χ1v) is 13.3. The third-order valence-electron chi connectivity index (χ3n) is 7.16. The zero-order valence-electron chi connectivity index (χ0n) is 22.8. The maximum Gasteiger partial charge on any atom is 0.416 e. The molecule has 2 saturated heterocycles. The lowest BCUT2D eigenvalue weighted by Gasteiger charge is -2.43. The molecule has 6 nitrogen and oxygen atoms in total. The van der Waals surface area contributed by atoms with Gasteiger partial charge in [0.25, 0.3) is 5.91 Å². The smallest absolute Gasteiger partial charge is 0.416 e. The summed E-state index contributed by atoms with van der Waals surface area (Å²) in [5.74, 6) is -0.422. The predicted octanol–water partition coefficient (Wildman–Crippen LogP) is 5.69. The summed E-state index contributed by atoms with van der Waals surface area (Å²) >= 11 is 6.06. The quantitative estimate of drug-likeness (QED) is 0.395. The molecular weight excluding hydrogens is 590 g/mol. The van der Waals surface area contributed by atoms with Crippen molar-refractivity contribution in [3.05, 3.63) is 64.2 Å². The van der Waals surface area contributed by atoms with Crippen LogP contribution < -0.4 is 4.74 Å². The summed E-state index contributed by atoms with van der Waals surface area (Å²) in [7, 11) is 1.29. The number of rotatable bonds is 7. The number of nitrogens with zero attached hydrogens (tertiary/aromatic N) is 3. The number of amides is 1. The summed E-state index contributed by atoms with van der Waals surface area (Å²) in [6.07, 6.45) is -3.63. The lowest BCUT2D eigenvalue weighted by molar-refractivity contribution is -0.137. The summed E-state index contributed by atoms with van der Waals surface area (Å²) in [6, 6.07) is 10.5. The number of ether oxygens (including phenoxy) is 2. The van der Waals surface area contributed by atoms with E-state index < -0.39 is 17.6 Å². The fourth-order valence-corrected chi connectivity index (χ4v) is 5.50. The molecule has 2 aliphatic heterocycles. The average molecular weight is 627 g/mol. The number of halogens is 6. The minimum absolute atomic E-state index is 0. The monoisotopic (exact) mass is 625 g/mol. The topological polar surface area (TPSA) is 45.2 Å². The molecule has 0 radical (unpaired) electrons. The number of hydrogen-bond donors (Lipinski definition) is 0. The second-order valence-electron chi connectivity index (χ2n) is 10.2. The summed E-state index contributed by atoms with van der Waals surface area (Å²) < 4.78 is 51.5. The SMILES string of the molecule is COc1cc(C(=O)N2CCN(CCN3C[C@@H](C)O[C@@H](C)C3)C[C@H]2Cc2ccc(Cl)cc2)cc(C(F)(F)F)c1.Cl.Cl. The highest BCUT2D eigenvalue weighted by atomic mass is 35.5. The molecule has 0 spiro atoms. The highest BCUT2D eigenvalue weighted by Gasteiger charge is 2.35. The Hall–Kier alpha value is -1.75. The van der Waals surface area contributed by atoms with Crippen LogP contribution in [0.3, 0.4) is 0 Å². The van der Waals surface area contributed by atoms with E-state index in [2.05, 4.69) is 23.6 Å². The Morgan fingerprint density at radius 3 is 2.20 bits per heavy atom. The van der Waals surface area contributed by atoms with Crippen LogP contribution in [-0.2, 0) is 17.3 Å². The molecule has 12 heteroatoms. The minimum atomic E-state index is -4.58. The lowest BCUT2D eigenvalue weighted by Crippen LogP contribution is -2.57. The fraction of sp³-hybridized carbons (Fsp3) is 0.536. The van der Waals surface area contributed by atoms with Gasteiger partial charge in [-0.3, -0.25) is 14.6 Å². The second-order valence-corrected chi connectivity index (χ2v) is 10.7. The number of piperazine rings is 1. The van der Waals surface area contributed by atoms with E-state index in [1.54, 1.807) is 4.90 Å². The van der Waals surface area contributed by atoms with Crippen molar-refractivity contribution in [1.29, 1.82) is 0 Å². The minimum Gasteiger partial charge on any atom is -0.497 e. The third-order valence-corrected chi connectivity index (χ3v) is 7.41. The Morgan fingerprint density at radius 2 is 1.60 bits per heavy atom. The number of carbonyl (C=O) groups excluding carboxylic acids is 1. The number of carbonyl (C=O) groups is 1. The molecule has 0 N–H and O–H groups in total. The summed E-state index contributed by atoms with van der Waals surface area (Å²) in [5, 5.41) is 0.622. The Kier molecular flexibility index (Phi) is 12.9. The molecule has 0 unspecified atom stereocenters. The summed E-state index contributed by atoms with van der Waals surface area (Å²) in [4.78, 5) is 20.1. The van der Waals surface area contributed by atoms with Gasteiger partial charge in [0.2, 0.25) is 0 Å². The van der Waals surface area contributed by atoms with Gasteiger partial charge in [0.15, 0.2) is 0 Å². The van der Waals surface area contributed by atoms with Crippen molar-refractivity contribution in [3.63, 3.8) is 0 Å². The van der Waals surface area contributed by atoms with Crippen LogP contribution in [0.2, 0.25) is 5.02 Å². The first-order chi connectivity index (χ1) is 18.0. The van der Waals surface area contributed by atoms with Crippen molar-refractivity contribution in [2.45, 2.75) is 44.7 Å². The van der Waals surface area contributed by atoms with Crippen molar-refractivity contribution in [1.82, 2.24) is 14.7 Å². The first-order valence-electron chi connectivity index (χ1n) is 12.9. The number of morpholine rings is 1. The molecule has 2 aliphatic rings. The van der Waals surface area contributed by atoms with Crippen molar-refractivity contribution >= 4 is 42.3 Å². The van der Waals surface area contributed by atoms with Gasteiger partial charge >= 0.3 is 6.18 Å². The molecule has 2 fully saturated rings. The van der Waals surface area contributed by atoms with Crippen molar-refractivity contribution in [2.24, 2.45) is 0 Å². The van der Waals surface area contributed by atoms with E-state index >= 15 is 0 Å². The Morgan fingerprint density at radius 1 is 0.975 bits per heavy atom. The van der Waals surface area contributed by atoms with Gasteiger partial charge in [0.1, 0.15) is 5.75 Å². The van der Waals surface area contributed by atoms with Crippen LogP contribution in [0.1, 0.15) is 35.3 Å². The highest BCUT2D eigenvalue weighted by Crippen LogP contribution is 2.33. The molecule has 1 amide bonds. The highest BCUT2D eigenvalue weighted by molar-refractivity contribution is 6.30. The third kappa shape index (κ3) is 9.13. The van der Waals surface area contributed by atoms with Gasteiger partial charge in [-0.1, -0.05) is 23.7 Å². The van der Waals surface area contributed by atoms with Crippen molar-refractivity contribution in [3.8, 4) is 5.75 Å². The standard InChI is InChI=1S/C28H35ClF3N3O3.2ClH/c1-19-16-34(17-20(2)38-19)9-8-33-10-11-35(25(18-33)12-21-4-6-24(29)7-5-21)27(36)22-13-23(28(30,31)32)15-26(14-22)37-3;;/h4-7,13-15,19-20,25H,8-12,16-18H2,1-3H3;2*1H/t19-,20+,25-;;/m1../s1. The van der Waals surface area contributed by atoms with Crippen LogP contribution >= 0.6 is 36.4 Å². The van der Waals surface area contributed by atoms with Crippen LogP contribution in [0.15, 0.2) is 42.5 Å². The van der Waals surface area contributed by atoms with E-state index in [4.69, 9.17) is 21.1 Å². The maximum atomic E-state index is 13.6. The van der Waals surface area contributed by atoms with E-state index in [0.717, 1.165) is 43.9 Å². The van der Waals surface area contributed by atoms with Crippen molar-refractivity contribution < 1.29 is 27.4 Å². The van der Waals surface area contributed by atoms with E-state index in [1.165, 1.54) is 13.2 Å². The first kappa shape index (κ1) is 34.5. The fourth-order valence-electron chi connectivity index (χ4n) is 5.38. The molecule has 40 heavy (non-hydrogen) atoms. The maximum absolute atomic E-state index is 13.6. The molecule has 0 aliphatic carbocycles. The van der Waals surface area contributed by atoms with Gasteiger partial charge < -0.3 is 14.4 Å². The van der Waals surface area contributed by atoms with Gasteiger partial charge in [-0.05, 0) is 56.2 Å². The Labute approximate surface area is 251 Å². The number of hydrogen-bond acceptors (Lipinski definition) is 5. The molecule has 2 aromatic carbocycles. The molecule has 2 aromatic rings. The van der Waals surface area contributed by atoms with E-state index in [9.17, 15) is 18.0 Å². The van der Waals surface area contributed by atoms with Crippen LogP contribution in [-0.4, -0.2) is 91.8 Å². The van der Waals surface area contributed by atoms with Crippen LogP contribution in [0.4, 0.5) is 13.2 Å². The van der Waals surface area contributed by atoms with Crippen molar-refractivity contribution in [2.75, 3.05) is 52.9 Å². The van der Waals surface area contributed by atoms with Gasteiger partial charge in [-0.15, -0.1) is 24.8 Å². The zero-order valence-corrected chi connectivity index (χ0v) is 25.2. The van der Waals surface area contributed by atoms with E-state index in [0.29, 0.717) is 31.1 Å². The predicted molar refractivity (Wildman–Crippen MR) is 155 cm³/mol. The van der Waals surface area contributed by atoms with E-state index in [1.807, 2.05) is 24.3 Å². The Bertz CT molecular complexity index is 1100. The summed E-state index contributed by atoms with van der Waals surface area (Å²) in [6.45, 7) is 9.36. The molecule has 0 bridgehead atoms. The molecule has 3 atom stereocenters. The second kappa shape index (κ2) is 14.9. The van der Waals surface area contributed by atoms with Gasteiger partial charge in [-0.2, -0.15) is 13.2 Å². The van der Waals surface area contributed by atoms with Gasteiger partial charge in [0.05, 0.1) is 24.9 Å². The Balaban J connectivity index is 0.00000280. The number of benzene rings is 2. The number of methoxy groups -OCH3 is 1. The summed E-state index contributed by atoms with van der Waals surface area (Å²) in [5.41, 5.74) is 0.0843. The van der Waals surface area contributed by atoms with E-state index in [-0.39, 0.29) is 54.4 Å². The lowest BCUT2D eigenvalue weighted by atomic mass is 10.00.